The van der Waals surface area contributed by atoms with Gasteiger partial charge in [0.2, 0.25) is 0 Å². The van der Waals surface area contributed by atoms with Gasteiger partial charge in [-0.1, -0.05) is 36.4 Å². The largest absolute Gasteiger partial charge is 0.494 e. The molecule has 1 saturated heterocycles. The van der Waals surface area contributed by atoms with Crippen molar-refractivity contribution in [3.8, 4) is 5.75 Å². The Bertz CT molecular complexity index is 800. The van der Waals surface area contributed by atoms with Crippen molar-refractivity contribution < 1.29 is 14.2 Å². The standard InChI is InChI=1S/C25H35N3O3/c1-4-30-23-11-9-21(10-12-23)18-28(3)25(26-2)27-17-20-5-7-22(8-6-20)19-31-24-13-15-29-16-14-24/h5-12,24H,4,13-19H2,1-3H3,(H,26,27). The summed E-state index contributed by atoms with van der Waals surface area (Å²) in [5.41, 5.74) is 3.63. The number of nitrogens with zero attached hydrogens (tertiary/aromatic N) is 2. The summed E-state index contributed by atoms with van der Waals surface area (Å²) in [6.45, 7) is 6.44. The molecular weight excluding hydrogens is 390 g/mol. The second kappa shape index (κ2) is 12.3. The van der Waals surface area contributed by atoms with Gasteiger partial charge >= 0.3 is 0 Å². The minimum Gasteiger partial charge on any atom is -0.494 e. The van der Waals surface area contributed by atoms with E-state index in [0.29, 0.717) is 19.3 Å². The van der Waals surface area contributed by atoms with Crippen LogP contribution in [0.25, 0.3) is 0 Å². The van der Waals surface area contributed by atoms with E-state index in [1.54, 1.807) is 0 Å². The van der Waals surface area contributed by atoms with E-state index >= 15 is 0 Å². The topological polar surface area (TPSA) is 55.3 Å². The van der Waals surface area contributed by atoms with Crippen molar-refractivity contribution in [2.75, 3.05) is 33.9 Å². The van der Waals surface area contributed by atoms with E-state index in [2.05, 4.69) is 51.6 Å². The van der Waals surface area contributed by atoms with Crippen molar-refractivity contribution in [2.24, 2.45) is 4.99 Å². The van der Waals surface area contributed by atoms with E-state index < -0.39 is 0 Å². The number of nitrogens with one attached hydrogen (secondary N) is 1. The third-order valence-electron chi connectivity index (χ3n) is 5.36. The average Bonchev–Trinajstić information content (AvgIpc) is 2.81. The molecule has 3 rings (SSSR count). The van der Waals surface area contributed by atoms with Gasteiger partial charge in [-0.25, -0.2) is 0 Å². The molecular formula is C25H35N3O3. The molecule has 0 spiro atoms. The molecule has 2 aromatic rings. The number of benzene rings is 2. The van der Waals surface area contributed by atoms with Crippen LogP contribution < -0.4 is 10.1 Å². The lowest BCUT2D eigenvalue weighted by Gasteiger charge is -2.23. The molecule has 0 aliphatic carbocycles. The molecule has 0 radical (unpaired) electrons. The van der Waals surface area contributed by atoms with Crippen LogP contribution in [0.1, 0.15) is 36.5 Å². The van der Waals surface area contributed by atoms with Gasteiger partial charge in [-0.15, -0.1) is 0 Å². The van der Waals surface area contributed by atoms with Crippen LogP contribution in [0.3, 0.4) is 0 Å². The van der Waals surface area contributed by atoms with E-state index in [0.717, 1.165) is 50.9 Å². The fourth-order valence-corrected chi connectivity index (χ4v) is 3.58. The number of ether oxygens (including phenoxy) is 3. The molecule has 0 bridgehead atoms. The van der Waals surface area contributed by atoms with E-state index in [-0.39, 0.29) is 0 Å². The number of guanidine groups is 1. The van der Waals surface area contributed by atoms with Crippen LogP contribution in [-0.4, -0.2) is 50.9 Å². The number of aliphatic imine (C=N–C) groups is 1. The molecule has 31 heavy (non-hydrogen) atoms. The summed E-state index contributed by atoms with van der Waals surface area (Å²) in [5.74, 6) is 1.76. The summed E-state index contributed by atoms with van der Waals surface area (Å²) in [6, 6.07) is 16.8. The van der Waals surface area contributed by atoms with Gasteiger partial charge in [0.1, 0.15) is 5.75 Å². The molecule has 1 N–H and O–H groups in total. The fourth-order valence-electron chi connectivity index (χ4n) is 3.58. The number of hydrogen-bond donors (Lipinski definition) is 1. The van der Waals surface area contributed by atoms with Crippen molar-refractivity contribution in [2.45, 2.75) is 45.6 Å². The molecule has 6 heteroatoms. The summed E-state index contributed by atoms with van der Waals surface area (Å²) in [6.07, 6.45) is 2.31. The molecule has 0 atom stereocenters. The van der Waals surface area contributed by atoms with Crippen LogP contribution in [0.5, 0.6) is 5.75 Å². The second-order valence-corrected chi connectivity index (χ2v) is 7.77. The first-order valence-corrected chi connectivity index (χ1v) is 11.1. The Morgan fingerprint density at radius 2 is 1.68 bits per heavy atom. The summed E-state index contributed by atoms with van der Waals surface area (Å²) in [5, 5.41) is 3.45. The zero-order valence-corrected chi connectivity index (χ0v) is 19.0. The van der Waals surface area contributed by atoms with E-state index in [9.17, 15) is 0 Å². The highest BCUT2D eigenvalue weighted by molar-refractivity contribution is 5.79. The minimum absolute atomic E-state index is 0.323. The van der Waals surface area contributed by atoms with Gasteiger partial charge in [0.25, 0.3) is 0 Å². The van der Waals surface area contributed by atoms with Crippen molar-refractivity contribution in [1.29, 1.82) is 0 Å². The molecule has 1 heterocycles. The summed E-state index contributed by atoms with van der Waals surface area (Å²) in [7, 11) is 3.86. The molecule has 0 aromatic heterocycles. The number of hydrogen-bond acceptors (Lipinski definition) is 4. The summed E-state index contributed by atoms with van der Waals surface area (Å²) in [4.78, 5) is 6.54. The molecule has 168 valence electrons. The lowest BCUT2D eigenvalue weighted by atomic mass is 10.1. The van der Waals surface area contributed by atoms with E-state index in [1.807, 2.05) is 33.2 Å². The highest BCUT2D eigenvalue weighted by Crippen LogP contribution is 2.15. The predicted molar refractivity (Wildman–Crippen MR) is 124 cm³/mol. The van der Waals surface area contributed by atoms with Crippen molar-refractivity contribution in [3.63, 3.8) is 0 Å². The highest BCUT2D eigenvalue weighted by Gasteiger charge is 2.14. The van der Waals surface area contributed by atoms with Crippen LogP contribution in [-0.2, 0) is 29.2 Å². The molecule has 0 unspecified atom stereocenters. The first-order valence-electron chi connectivity index (χ1n) is 11.1. The van der Waals surface area contributed by atoms with Crippen molar-refractivity contribution in [3.05, 3.63) is 65.2 Å². The predicted octanol–water partition coefficient (Wildman–Crippen LogP) is 3.99. The second-order valence-electron chi connectivity index (χ2n) is 7.77. The monoisotopic (exact) mass is 425 g/mol. The van der Waals surface area contributed by atoms with Gasteiger partial charge in [-0.3, -0.25) is 4.99 Å². The molecule has 1 aliphatic heterocycles. The van der Waals surface area contributed by atoms with Crippen LogP contribution in [0.15, 0.2) is 53.5 Å². The molecule has 2 aromatic carbocycles. The Morgan fingerprint density at radius 1 is 1.03 bits per heavy atom. The minimum atomic E-state index is 0.323. The average molecular weight is 426 g/mol. The van der Waals surface area contributed by atoms with Crippen LogP contribution in [0, 0.1) is 0 Å². The highest BCUT2D eigenvalue weighted by atomic mass is 16.5. The van der Waals surface area contributed by atoms with Gasteiger partial charge in [-0.2, -0.15) is 0 Å². The summed E-state index contributed by atoms with van der Waals surface area (Å²) < 4.78 is 16.9. The Balaban J connectivity index is 1.44. The molecule has 1 fully saturated rings. The Labute approximate surface area is 186 Å². The first-order chi connectivity index (χ1) is 15.2. The molecule has 0 amide bonds. The van der Waals surface area contributed by atoms with Gasteiger partial charge < -0.3 is 24.4 Å². The molecule has 1 aliphatic rings. The smallest absolute Gasteiger partial charge is 0.193 e. The van der Waals surface area contributed by atoms with Crippen LogP contribution in [0.2, 0.25) is 0 Å². The molecule has 0 saturated carbocycles. The number of rotatable bonds is 9. The van der Waals surface area contributed by atoms with Crippen molar-refractivity contribution in [1.82, 2.24) is 10.2 Å². The maximum Gasteiger partial charge on any atom is 0.193 e. The van der Waals surface area contributed by atoms with E-state index in [1.165, 1.54) is 16.7 Å². The Morgan fingerprint density at radius 3 is 2.32 bits per heavy atom. The Kier molecular flexibility index (Phi) is 9.18. The lowest BCUT2D eigenvalue weighted by molar-refractivity contribution is -0.0390. The maximum absolute atomic E-state index is 6.00. The zero-order valence-electron chi connectivity index (χ0n) is 19.0. The third-order valence-corrected chi connectivity index (χ3v) is 5.36. The van der Waals surface area contributed by atoms with Gasteiger partial charge in [0, 0.05) is 40.4 Å². The summed E-state index contributed by atoms with van der Waals surface area (Å²) >= 11 is 0. The van der Waals surface area contributed by atoms with Crippen LogP contribution in [0.4, 0.5) is 0 Å². The first kappa shape index (κ1) is 23.1. The van der Waals surface area contributed by atoms with E-state index in [4.69, 9.17) is 14.2 Å². The normalized spacial score (nSPS) is 15.0. The Hall–Kier alpha value is -2.57. The van der Waals surface area contributed by atoms with Crippen LogP contribution >= 0.6 is 0 Å². The maximum atomic E-state index is 6.00. The quantitative estimate of drug-likeness (QED) is 0.486. The lowest BCUT2D eigenvalue weighted by Crippen LogP contribution is -2.38. The van der Waals surface area contributed by atoms with Crippen molar-refractivity contribution >= 4 is 5.96 Å². The SMILES string of the molecule is CCOc1ccc(CN(C)C(=NC)NCc2ccc(COC3CCOCC3)cc2)cc1. The zero-order chi connectivity index (χ0) is 21.9. The van der Waals surface area contributed by atoms with Gasteiger partial charge in [-0.05, 0) is 48.6 Å². The third kappa shape index (κ3) is 7.56. The fraction of sp³-hybridized carbons (Fsp3) is 0.480. The molecule has 6 nitrogen and oxygen atoms in total. The van der Waals surface area contributed by atoms with Gasteiger partial charge in [0.15, 0.2) is 5.96 Å². The van der Waals surface area contributed by atoms with Gasteiger partial charge in [0.05, 0.1) is 19.3 Å².